The molecule has 5 heteroatoms. The highest BCUT2D eigenvalue weighted by atomic mass is 32.1. The molecule has 1 unspecified atom stereocenters. The normalized spacial score (nSPS) is 18.9. The molecular formula is C15H22N2O2S. The number of thiocarbonyl (C=S) groups is 1. The Morgan fingerprint density at radius 1 is 1.50 bits per heavy atom. The molecule has 2 rings (SSSR count). The molecule has 4 nitrogen and oxygen atoms in total. The van der Waals surface area contributed by atoms with Crippen LogP contribution >= 0.6 is 12.2 Å². The lowest BCUT2D eigenvalue weighted by molar-refractivity contribution is 0.262. The number of ether oxygens (including phenoxy) is 1. The van der Waals surface area contributed by atoms with E-state index in [4.69, 9.17) is 22.7 Å². The number of methoxy groups -OCH3 is 1. The summed E-state index contributed by atoms with van der Waals surface area (Å²) in [5, 5.41) is 9.26. The highest BCUT2D eigenvalue weighted by molar-refractivity contribution is 7.80. The van der Waals surface area contributed by atoms with E-state index in [9.17, 15) is 5.11 Å². The molecule has 0 aliphatic carbocycles. The van der Waals surface area contributed by atoms with E-state index in [-0.39, 0.29) is 6.61 Å². The predicted octanol–water partition coefficient (Wildman–Crippen LogP) is 2.07. The lowest BCUT2D eigenvalue weighted by Gasteiger charge is -2.38. The minimum atomic E-state index is 0.202. The number of benzene rings is 1. The molecular weight excluding hydrogens is 272 g/mol. The van der Waals surface area contributed by atoms with Crippen LogP contribution in [0.25, 0.3) is 0 Å². The van der Waals surface area contributed by atoms with Gasteiger partial charge >= 0.3 is 0 Å². The lowest BCUT2D eigenvalue weighted by atomic mass is 9.97. The van der Waals surface area contributed by atoms with Crippen LogP contribution in [-0.2, 0) is 0 Å². The fourth-order valence-electron chi connectivity index (χ4n) is 2.85. The first-order chi connectivity index (χ1) is 9.67. The van der Waals surface area contributed by atoms with Crippen molar-refractivity contribution in [1.29, 1.82) is 0 Å². The second-order valence-electron chi connectivity index (χ2n) is 5.10. The zero-order valence-electron chi connectivity index (χ0n) is 11.8. The maximum absolute atomic E-state index is 9.26. The van der Waals surface area contributed by atoms with Crippen LogP contribution in [-0.4, -0.2) is 36.4 Å². The molecule has 0 amide bonds. The molecule has 0 bridgehead atoms. The van der Waals surface area contributed by atoms with Gasteiger partial charge in [0, 0.05) is 30.8 Å². The van der Waals surface area contributed by atoms with Crippen molar-refractivity contribution in [2.24, 2.45) is 5.73 Å². The average molecular weight is 294 g/mol. The van der Waals surface area contributed by atoms with Crippen molar-refractivity contribution >= 4 is 22.9 Å². The molecule has 1 aromatic rings. The van der Waals surface area contributed by atoms with Gasteiger partial charge in [-0.05, 0) is 37.8 Å². The van der Waals surface area contributed by atoms with E-state index >= 15 is 0 Å². The van der Waals surface area contributed by atoms with Crippen LogP contribution in [0.15, 0.2) is 18.2 Å². The Kier molecular flexibility index (Phi) is 5.20. The summed E-state index contributed by atoms with van der Waals surface area (Å²) in [6.07, 6.45) is 4.21. The summed E-state index contributed by atoms with van der Waals surface area (Å²) in [5.74, 6) is 0.799. The first-order valence-corrected chi connectivity index (χ1v) is 7.43. The molecule has 0 spiro atoms. The Morgan fingerprint density at radius 2 is 2.30 bits per heavy atom. The number of nitrogens with two attached hydrogens (primary N) is 1. The quantitative estimate of drug-likeness (QED) is 0.814. The van der Waals surface area contributed by atoms with Gasteiger partial charge < -0.3 is 20.5 Å². The largest absolute Gasteiger partial charge is 0.497 e. The number of aliphatic hydroxyl groups excluding tert-OH is 1. The van der Waals surface area contributed by atoms with Crippen LogP contribution in [0.4, 0.5) is 5.69 Å². The molecule has 0 radical (unpaired) electrons. The first kappa shape index (κ1) is 15.1. The minimum absolute atomic E-state index is 0.202. The van der Waals surface area contributed by atoms with Gasteiger partial charge in [0.2, 0.25) is 0 Å². The smallest absolute Gasteiger partial charge is 0.120 e. The number of nitrogens with zero attached hydrogens (tertiary/aromatic N) is 1. The Bertz CT molecular complexity index is 477. The van der Waals surface area contributed by atoms with Gasteiger partial charge in [-0.1, -0.05) is 12.2 Å². The van der Waals surface area contributed by atoms with Crippen molar-refractivity contribution < 1.29 is 9.84 Å². The van der Waals surface area contributed by atoms with E-state index in [1.165, 1.54) is 6.42 Å². The molecule has 3 N–H and O–H groups in total. The number of aliphatic hydroxyl groups is 1. The Balaban J connectivity index is 2.39. The van der Waals surface area contributed by atoms with Crippen LogP contribution in [0.5, 0.6) is 5.75 Å². The number of piperidine rings is 1. The van der Waals surface area contributed by atoms with E-state index in [0.717, 1.165) is 42.8 Å². The molecule has 20 heavy (non-hydrogen) atoms. The van der Waals surface area contributed by atoms with E-state index < -0.39 is 0 Å². The molecule has 1 aliphatic heterocycles. The van der Waals surface area contributed by atoms with E-state index in [1.54, 1.807) is 7.11 Å². The van der Waals surface area contributed by atoms with Crippen molar-refractivity contribution in [3.63, 3.8) is 0 Å². The van der Waals surface area contributed by atoms with Crippen LogP contribution in [0, 0.1) is 0 Å². The van der Waals surface area contributed by atoms with Crippen molar-refractivity contribution in [2.75, 3.05) is 25.2 Å². The lowest BCUT2D eigenvalue weighted by Crippen LogP contribution is -2.41. The average Bonchev–Trinajstić information content (AvgIpc) is 2.47. The summed E-state index contributed by atoms with van der Waals surface area (Å²) >= 11 is 5.16. The maximum atomic E-state index is 9.26. The maximum Gasteiger partial charge on any atom is 0.120 e. The molecule has 1 aliphatic rings. The third kappa shape index (κ3) is 3.22. The number of hydrogen-bond acceptors (Lipinski definition) is 4. The summed E-state index contributed by atoms with van der Waals surface area (Å²) in [6.45, 7) is 1.17. The Morgan fingerprint density at radius 3 is 2.95 bits per heavy atom. The van der Waals surface area contributed by atoms with Crippen LogP contribution in [0.3, 0.4) is 0 Å². The Labute approximate surface area is 125 Å². The second kappa shape index (κ2) is 6.90. The summed E-state index contributed by atoms with van der Waals surface area (Å²) < 4.78 is 5.32. The summed E-state index contributed by atoms with van der Waals surface area (Å²) in [4.78, 5) is 2.72. The van der Waals surface area contributed by atoms with Crippen molar-refractivity contribution in [3.05, 3.63) is 23.8 Å². The molecule has 1 atom stereocenters. The Hall–Kier alpha value is -1.33. The topological polar surface area (TPSA) is 58.7 Å². The van der Waals surface area contributed by atoms with Crippen LogP contribution < -0.4 is 15.4 Å². The zero-order chi connectivity index (χ0) is 14.5. The minimum Gasteiger partial charge on any atom is -0.497 e. The van der Waals surface area contributed by atoms with Crippen molar-refractivity contribution in [2.45, 2.75) is 31.7 Å². The summed E-state index contributed by atoms with van der Waals surface area (Å²) in [5.41, 5.74) is 7.75. The van der Waals surface area contributed by atoms with Crippen molar-refractivity contribution in [1.82, 2.24) is 0 Å². The molecule has 0 saturated carbocycles. The number of hydrogen-bond donors (Lipinski definition) is 2. The first-order valence-electron chi connectivity index (χ1n) is 7.02. The monoisotopic (exact) mass is 294 g/mol. The SMILES string of the molecule is COc1ccc(C(N)=S)c(N2CCCCC2CCO)c1. The second-order valence-corrected chi connectivity index (χ2v) is 5.54. The van der Waals surface area contributed by atoms with Crippen LogP contribution in [0.2, 0.25) is 0 Å². The van der Waals surface area contributed by atoms with Gasteiger partial charge in [-0.2, -0.15) is 0 Å². The van der Waals surface area contributed by atoms with Gasteiger partial charge in [0.25, 0.3) is 0 Å². The molecule has 1 saturated heterocycles. The number of anilines is 1. The van der Waals surface area contributed by atoms with Gasteiger partial charge in [-0.25, -0.2) is 0 Å². The highest BCUT2D eigenvalue weighted by Crippen LogP contribution is 2.32. The van der Waals surface area contributed by atoms with Gasteiger partial charge in [0.15, 0.2) is 0 Å². The van der Waals surface area contributed by atoms with Gasteiger partial charge in [0.1, 0.15) is 10.7 Å². The molecule has 1 fully saturated rings. The third-order valence-electron chi connectivity index (χ3n) is 3.87. The van der Waals surface area contributed by atoms with Crippen molar-refractivity contribution in [3.8, 4) is 5.75 Å². The molecule has 110 valence electrons. The number of rotatable bonds is 5. The highest BCUT2D eigenvalue weighted by Gasteiger charge is 2.25. The van der Waals surface area contributed by atoms with Crippen LogP contribution in [0.1, 0.15) is 31.2 Å². The zero-order valence-corrected chi connectivity index (χ0v) is 12.7. The summed E-state index contributed by atoms with van der Waals surface area (Å²) in [6, 6.07) is 6.13. The molecule has 1 heterocycles. The fourth-order valence-corrected chi connectivity index (χ4v) is 3.02. The van der Waals surface area contributed by atoms with Gasteiger partial charge in [-0.3, -0.25) is 0 Å². The van der Waals surface area contributed by atoms with E-state index in [1.807, 2.05) is 18.2 Å². The fraction of sp³-hybridized carbons (Fsp3) is 0.533. The third-order valence-corrected chi connectivity index (χ3v) is 4.09. The van der Waals surface area contributed by atoms with Gasteiger partial charge in [0.05, 0.1) is 12.8 Å². The van der Waals surface area contributed by atoms with Gasteiger partial charge in [-0.15, -0.1) is 0 Å². The summed E-state index contributed by atoms with van der Waals surface area (Å²) in [7, 11) is 1.65. The molecule has 0 aromatic heterocycles. The molecule has 1 aromatic carbocycles. The van der Waals surface area contributed by atoms with E-state index in [2.05, 4.69) is 4.90 Å². The van der Waals surface area contributed by atoms with E-state index in [0.29, 0.717) is 11.0 Å². The standard InChI is InChI=1S/C15H22N2O2S/c1-19-12-5-6-13(15(16)20)14(10-12)17-8-3-2-4-11(17)7-9-18/h5-6,10-11,18H,2-4,7-9H2,1H3,(H2,16,20). The predicted molar refractivity (Wildman–Crippen MR) is 85.6 cm³/mol.